The molecule has 0 rings (SSSR count). The van der Waals surface area contributed by atoms with Crippen molar-refractivity contribution in [3.8, 4) is 0 Å². The fraction of sp³-hybridized carbons (Fsp3) is 1.00. The highest BCUT2D eigenvalue weighted by atomic mass is 32.5. The van der Waals surface area contributed by atoms with Crippen LogP contribution in [0.3, 0.4) is 0 Å². The van der Waals surface area contributed by atoms with Crippen molar-refractivity contribution < 1.29 is 37.3 Å². The highest BCUT2D eigenvalue weighted by Crippen LogP contribution is 2.68. The van der Waals surface area contributed by atoms with Gasteiger partial charge in [0.25, 0.3) is 0 Å². The summed E-state index contributed by atoms with van der Waals surface area (Å²) in [5.41, 5.74) is 0. The Labute approximate surface area is 108 Å². The molecule has 8 nitrogen and oxygen atoms in total. The Bertz CT molecular complexity index is 419. The highest BCUT2D eigenvalue weighted by Gasteiger charge is 2.38. The first-order valence-electron chi connectivity index (χ1n) is 3.79. The Morgan fingerprint density at radius 3 is 1.29 bits per heavy atom. The van der Waals surface area contributed by atoms with Gasteiger partial charge in [0.2, 0.25) is 0 Å². The van der Waals surface area contributed by atoms with Crippen molar-refractivity contribution in [2.24, 2.45) is 0 Å². The minimum Gasteiger partial charge on any atom is -0.345 e. The molecule has 0 aliphatic rings. The molecule has 0 aromatic heterocycles. The average molecular weight is 364 g/mol. The maximum atomic E-state index is 11.3. The Kier molecular flexibility index (Phi) is 6.40. The van der Waals surface area contributed by atoms with Crippen LogP contribution in [0.25, 0.3) is 0 Å². The minimum atomic E-state index is -4.60. The van der Waals surface area contributed by atoms with Crippen LogP contribution in [-0.4, -0.2) is 38.8 Å². The lowest BCUT2D eigenvalue weighted by atomic mass is 11.9. The van der Waals surface area contributed by atoms with Gasteiger partial charge in [0.05, 0.1) is 0 Å². The first kappa shape index (κ1) is 18.5. The topological polar surface area (TPSA) is 134 Å². The van der Waals surface area contributed by atoms with Gasteiger partial charge in [0, 0.05) is 13.3 Å². The van der Waals surface area contributed by atoms with Gasteiger partial charge in [-0.3, -0.25) is 17.8 Å². The molecule has 0 amide bonds. The predicted molar refractivity (Wildman–Crippen MR) is 71.5 cm³/mol. The molecule has 0 fully saturated rings. The molecule has 0 radical (unpaired) electrons. The van der Waals surface area contributed by atoms with Crippen LogP contribution < -0.4 is 0 Å². The van der Waals surface area contributed by atoms with E-state index in [1.807, 2.05) is 0 Å². The zero-order valence-corrected chi connectivity index (χ0v) is 13.9. The summed E-state index contributed by atoms with van der Waals surface area (Å²) < 4.78 is 31.2. The van der Waals surface area contributed by atoms with E-state index in [9.17, 15) is 18.9 Å². The highest BCUT2D eigenvalue weighted by molar-refractivity contribution is 8.11. The summed E-state index contributed by atoms with van der Waals surface area (Å²) in [7, 11) is -9.21. The molecule has 0 aromatic carbocycles. The largest absolute Gasteiger partial charge is 0.345 e. The SMILES string of the molecule is CP(O)(=S)OP(=O)(O)CP(=O)(O)OP(C)(O)=S. The smallest absolute Gasteiger partial charge is 0.345 e. The summed E-state index contributed by atoms with van der Waals surface area (Å²) in [6.45, 7) is -4.93. The lowest BCUT2D eigenvalue weighted by molar-refractivity contribution is 0.360. The van der Waals surface area contributed by atoms with Gasteiger partial charge in [-0.05, 0) is 23.6 Å². The Hall–Kier alpha value is 1.52. The second-order valence-electron chi connectivity index (χ2n) is 3.19. The van der Waals surface area contributed by atoms with Crippen LogP contribution in [0.5, 0.6) is 0 Å². The van der Waals surface area contributed by atoms with Crippen molar-refractivity contribution >= 4 is 51.8 Å². The van der Waals surface area contributed by atoms with E-state index >= 15 is 0 Å². The maximum Gasteiger partial charge on any atom is 0.345 e. The van der Waals surface area contributed by atoms with E-state index in [-0.39, 0.29) is 0 Å². The normalized spacial score (nSPS) is 26.2. The summed E-state index contributed by atoms with van der Waals surface area (Å²) in [5.74, 6) is -1.31. The standard InChI is InChI=1S/C3H12O8P4S2/c1-12(4,16)10-14(6,7)3-15(8,9)11-13(2,5)17/h3H2,1-2H3,(H,4,16)(H,5,17)(H,6,7)(H,8,9). The molecule has 14 heteroatoms. The summed E-state index contributed by atoms with van der Waals surface area (Å²) in [6.07, 6.45) is 0. The summed E-state index contributed by atoms with van der Waals surface area (Å²) >= 11 is 8.74. The summed E-state index contributed by atoms with van der Waals surface area (Å²) in [4.78, 5) is 36.6. The zero-order chi connectivity index (χ0) is 14.1. The number of rotatable bonds is 6. The summed E-state index contributed by atoms with van der Waals surface area (Å²) in [5, 5.41) is 0. The molecule has 0 spiro atoms. The Morgan fingerprint density at radius 2 is 1.12 bits per heavy atom. The van der Waals surface area contributed by atoms with Crippen LogP contribution >= 0.6 is 28.2 Å². The lowest BCUT2D eigenvalue weighted by Gasteiger charge is -2.20. The molecule has 104 valence electrons. The minimum absolute atomic E-state index is 1.00. The predicted octanol–water partition coefficient (Wildman–Crippen LogP) is 1.21. The molecule has 0 heterocycles. The maximum absolute atomic E-state index is 11.3. The molecule has 17 heavy (non-hydrogen) atoms. The Morgan fingerprint density at radius 1 is 0.882 bits per heavy atom. The number of hydrogen-bond acceptors (Lipinski definition) is 6. The molecule has 0 saturated heterocycles. The van der Waals surface area contributed by atoms with Crippen LogP contribution in [0.1, 0.15) is 0 Å². The van der Waals surface area contributed by atoms with E-state index in [2.05, 4.69) is 32.2 Å². The fourth-order valence-electron chi connectivity index (χ4n) is 0.751. The van der Waals surface area contributed by atoms with Gasteiger partial charge in [-0.2, -0.15) is 0 Å². The van der Waals surface area contributed by atoms with Crippen molar-refractivity contribution in [2.75, 3.05) is 19.2 Å². The first-order valence-corrected chi connectivity index (χ1v) is 13.6. The van der Waals surface area contributed by atoms with Gasteiger partial charge in [-0.1, -0.05) is 0 Å². The van der Waals surface area contributed by atoms with Gasteiger partial charge in [-0.25, -0.2) is 0 Å². The van der Waals surface area contributed by atoms with E-state index in [1.165, 1.54) is 0 Å². The van der Waals surface area contributed by atoms with Crippen molar-refractivity contribution in [1.82, 2.24) is 0 Å². The second-order valence-corrected chi connectivity index (χ2v) is 15.5. The quantitative estimate of drug-likeness (QED) is 0.510. The monoisotopic (exact) mass is 364 g/mol. The molecule has 0 aliphatic carbocycles. The lowest BCUT2D eigenvalue weighted by Crippen LogP contribution is -1.97. The molecule has 0 aromatic rings. The Balaban J connectivity index is 4.84. The van der Waals surface area contributed by atoms with Crippen LogP contribution in [0.4, 0.5) is 0 Å². The van der Waals surface area contributed by atoms with E-state index in [4.69, 9.17) is 9.79 Å². The zero-order valence-electron chi connectivity index (χ0n) is 8.73. The van der Waals surface area contributed by atoms with Crippen molar-refractivity contribution in [3.05, 3.63) is 0 Å². The van der Waals surface area contributed by atoms with Gasteiger partial charge < -0.3 is 19.6 Å². The van der Waals surface area contributed by atoms with Crippen molar-refractivity contribution in [3.63, 3.8) is 0 Å². The molecular formula is C3H12O8P4S2. The van der Waals surface area contributed by atoms with Crippen molar-refractivity contribution in [1.29, 1.82) is 0 Å². The van der Waals surface area contributed by atoms with E-state index in [1.54, 1.807) is 0 Å². The molecule has 0 bridgehead atoms. The van der Waals surface area contributed by atoms with E-state index < -0.39 is 34.1 Å². The third kappa shape index (κ3) is 11.1. The molecule has 4 unspecified atom stereocenters. The third-order valence-corrected chi connectivity index (χ3v) is 9.44. The van der Waals surface area contributed by atoms with E-state index in [0.717, 1.165) is 13.3 Å². The molecular weight excluding hydrogens is 352 g/mol. The van der Waals surface area contributed by atoms with Gasteiger partial charge in [0.15, 0.2) is 18.9 Å². The van der Waals surface area contributed by atoms with Gasteiger partial charge in [-0.15, -0.1) is 0 Å². The van der Waals surface area contributed by atoms with Crippen LogP contribution in [-0.2, 0) is 41.4 Å². The average Bonchev–Trinajstić information content (AvgIpc) is 1.65. The van der Waals surface area contributed by atoms with Crippen LogP contribution in [0.15, 0.2) is 0 Å². The molecule has 0 aliphatic heterocycles. The fourth-order valence-corrected chi connectivity index (χ4v) is 9.56. The van der Waals surface area contributed by atoms with Crippen LogP contribution in [0, 0.1) is 0 Å². The molecule has 0 saturated carbocycles. The van der Waals surface area contributed by atoms with Crippen LogP contribution in [0.2, 0.25) is 0 Å². The van der Waals surface area contributed by atoms with Gasteiger partial charge >= 0.3 is 15.2 Å². The second kappa shape index (κ2) is 5.88. The van der Waals surface area contributed by atoms with Gasteiger partial charge in [0.1, 0.15) is 0 Å². The third-order valence-electron chi connectivity index (χ3n) is 0.916. The molecule has 4 N–H and O–H groups in total. The molecule has 4 atom stereocenters. The number of hydrogen-bond donors (Lipinski definition) is 4. The van der Waals surface area contributed by atoms with E-state index in [0.29, 0.717) is 0 Å². The first-order chi connectivity index (χ1) is 7.12. The van der Waals surface area contributed by atoms with Crippen molar-refractivity contribution in [2.45, 2.75) is 0 Å². The summed E-state index contributed by atoms with van der Waals surface area (Å²) in [6, 6.07) is 0.